The molecule has 0 heterocycles. The zero-order chi connectivity index (χ0) is 13.8. The lowest BCUT2D eigenvalue weighted by Crippen LogP contribution is -2.03. The van der Waals surface area contributed by atoms with Crippen molar-refractivity contribution in [2.24, 2.45) is 0 Å². The largest absolute Gasteiger partial charge is 0.494 e. The van der Waals surface area contributed by atoms with Crippen molar-refractivity contribution in [2.45, 2.75) is 6.54 Å². The van der Waals surface area contributed by atoms with Crippen LogP contribution in [0.4, 0.5) is 10.1 Å². The van der Waals surface area contributed by atoms with Gasteiger partial charge in [-0.3, -0.25) is 0 Å². The molecule has 19 heavy (non-hydrogen) atoms. The summed E-state index contributed by atoms with van der Waals surface area (Å²) in [7, 11) is 1.45. The Labute approximate surface area is 124 Å². The third-order valence-corrected chi connectivity index (χ3v) is 3.55. The van der Waals surface area contributed by atoms with E-state index in [0.29, 0.717) is 17.1 Å². The van der Waals surface area contributed by atoms with Gasteiger partial charge < -0.3 is 10.1 Å². The van der Waals surface area contributed by atoms with Crippen LogP contribution >= 0.6 is 27.5 Å². The van der Waals surface area contributed by atoms with Gasteiger partial charge in [0, 0.05) is 27.3 Å². The summed E-state index contributed by atoms with van der Waals surface area (Å²) in [5, 5.41) is 3.79. The van der Waals surface area contributed by atoms with Crippen molar-refractivity contribution in [3.05, 3.63) is 57.3 Å². The fourth-order valence-electron chi connectivity index (χ4n) is 1.67. The van der Waals surface area contributed by atoms with Gasteiger partial charge in [0.25, 0.3) is 0 Å². The predicted octanol–water partition coefficient (Wildman–Crippen LogP) is 4.86. The van der Waals surface area contributed by atoms with E-state index in [1.807, 2.05) is 6.07 Å². The second-order valence-corrected chi connectivity index (χ2v) is 5.20. The molecule has 1 N–H and O–H groups in total. The topological polar surface area (TPSA) is 21.3 Å². The maximum absolute atomic E-state index is 13.9. The minimum Gasteiger partial charge on any atom is -0.494 e. The number of anilines is 1. The monoisotopic (exact) mass is 343 g/mol. The van der Waals surface area contributed by atoms with Gasteiger partial charge in [-0.2, -0.15) is 0 Å². The fourth-order valence-corrected chi connectivity index (χ4v) is 2.50. The van der Waals surface area contributed by atoms with E-state index < -0.39 is 0 Å². The molecule has 0 unspecified atom stereocenters. The molecule has 0 fully saturated rings. The van der Waals surface area contributed by atoms with E-state index in [4.69, 9.17) is 16.3 Å². The summed E-state index contributed by atoms with van der Waals surface area (Å²) < 4.78 is 19.7. The van der Waals surface area contributed by atoms with Crippen LogP contribution in [0.5, 0.6) is 5.75 Å². The number of methoxy groups -OCH3 is 1. The first-order valence-electron chi connectivity index (χ1n) is 5.62. The molecule has 0 aliphatic rings. The highest BCUT2D eigenvalue weighted by Gasteiger charge is 2.08. The van der Waals surface area contributed by atoms with Crippen LogP contribution in [0.1, 0.15) is 5.56 Å². The number of rotatable bonds is 4. The van der Waals surface area contributed by atoms with Crippen molar-refractivity contribution >= 4 is 33.2 Å². The molecule has 100 valence electrons. The van der Waals surface area contributed by atoms with Gasteiger partial charge in [0.1, 0.15) is 0 Å². The molecule has 2 aromatic rings. The first-order valence-corrected chi connectivity index (χ1v) is 6.79. The van der Waals surface area contributed by atoms with E-state index in [0.717, 1.165) is 10.2 Å². The molecule has 0 spiro atoms. The summed E-state index contributed by atoms with van der Waals surface area (Å²) in [6.45, 7) is 0.364. The SMILES string of the molecule is COc1cccc(CNc2ccc(Cl)cc2Br)c1F. The molecule has 0 saturated heterocycles. The summed E-state index contributed by atoms with van der Waals surface area (Å²) in [5.41, 5.74) is 1.40. The summed E-state index contributed by atoms with van der Waals surface area (Å²) in [6.07, 6.45) is 0. The minimum absolute atomic E-state index is 0.245. The maximum Gasteiger partial charge on any atom is 0.170 e. The lowest BCUT2D eigenvalue weighted by molar-refractivity contribution is 0.384. The molecule has 0 saturated carbocycles. The van der Waals surface area contributed by atoms with Gasteiger partial charge in [0.2, 0.25) is 0 Å². The van der Waals surface area contributed by atoms with Gasteiger partial charge >= 0.3 is 0 Å². The van der Waals surface area contributed by atoms with Crippen LogP contribution in [-0.2, 0) is 6.54 Å². The Morgan fingerprint density at radius 3 is 2.79 bits per heavy atom. The van der Waals surface area contributed by atoms with Crippen LogP contribution in [0.15, 0.2) is 40.9 Å². The first-order chi connectivity index (χ1) is 9.11. The van der Waals surface area contributed by atoms with E-state index >= 15 is 0 Å². The molecule has 0 amide bonds. The Morgan fingerprint density at radius 2 is 2.11 bits per heavy atom. The van der Waals surface area contributed by atoms with Crippen molar-refractivity contribution < 1.29 is 9.13 Å². The second-order valence-electron chi connectivity index (χ2n) is 3.91. The normalized spacial score (nSPS) is 10.3. The van der Waals surface area contributed by atoms with Gasteiger partial charge in [-0.15, -0.1) is 0 Å². The van der Waals surface area contributed by atoms with Crippen molar-refractivity contribution in [1.29, 1.82) is 0 Å². The second kappa shape index (κ2) is 6.26. The van der Waals surface area contributed by atoms with E-state index in [2.05, 4.69) is 21.2 Å². The van der Waals surface area contributed by atoms with E-state index in [1.165, 1.54) is 7.11 Å². The van der Waals surface area contributed by atoms with Crippen LogP contribution in [0.2, 0.25) is 5.02 Å². The number of hydrogen-bond acceptors (Lipinski definition) is 2. The van der Waals surface area contributed by atoms with E-state index in [1.54, 1.807) is 30.3 Å². The molecule has 2 rings (SSSR count). The molecular weight excluding hydrogens is 333 g/mol. The average molecular weight is 345 g/mol. The van der Waals surface area contributed by atoms with Crippen LogP contribution in [0, 0.1) is 5.82 Å². The summed E-state index contributed by atoms with van der Waals surface area (Å²) >= 11 is 9.27. The van der Waals surface area contributed by atoms with Gasteiger partial charge in [0.05, 0.1) is 7.11 Å². The molecule has 5 heteroatoms. The Hall–Kier alpha value is -1.26. The number of nitrogens with one attached hydrogen (secondary N) is 1. The lowest BCUT2D eigenvalue weighted by Gasteiger charge is -2.11. The first kappa shape index (κ1) is 14.2. The summed E-state index contributed by atoms with van der Waals surface area (Å²) in [5.74, 6) is -0.0999. The molecule has 0 atom stereocenters. The standard InChI is InChI=1S/C14H12BrClFNO/c1-19-13-4-2-3-9(14(13)17)8-18-12-6-5-10(16)7-11(12)15/h2-7,18H,8H2,1H3. The number of hydrogen-bond donors (Lipinski definition) is 1. The number of halogens is 3. The molecule has 0 aliphatic carbocycles. The van der Waals surface area contributed by atoms with Crippen molar-refractivity contribution in [1.82, 2.24) is 0 Å². The molecule has 0 aliphatic heterocycles. The van der Waals surface area contributed by atoms with Crippen LogP contribution in [0.3, 0.4) is 0 Å². The third-order valence-electron chi connectivity index (χ3n) is 2.66. The Balaban J connectivity index is 2.14. The summed E-state index contributed by atoms with van der Waals surface area (Å²) in [6, 6.07) is 10.5. The lowest BCUT2D eigenvalue weighted by atomic mass is 10.2. The van der Waals surface area contributed by atoms with Gasteiger partial charge in [-0.05, 0) is 40.2 Å². The Kier molecular flexibility index (Phi) is 4.66. The van der Waals surface area contributed by atoms with E-state index in [9.17, 15) is 4.39 Å². The highest BCUT2D eigenvalue weighted by molar-refractivity contribution is 9.10. The van der Waals surface area contributed by atoms with Crippen molar-refractivity contribution in [3.63, 3.8) is 0 Å². The Bertz CT molecular complexity index is 592. The molecule has 2 aromatic carbocycles. The zero-order valence-corrected chi connectivity index (χ0v) is 12.6. The van der Waals surface area contributed by atoms with Gasteiger partial charge in [0.15, 0.2) is 11.6 Å². The predicted molar refractivity (Wildman–Crippen MR) is 79.4 cm³/mol. The van der Waals surface area contributed by atoms with Crippen molar-refractivity contribution in [3.8, 4) is 5.75 Å². The van der Waals surface area contributed by atoms with Crippen LogP contribution in [-0.4, -0.2) is 7.11 Å². The Morgan fingerprint density at radius 1 is 1.32 bits per heavy atom. The van der Waals surface area contributed by atoms with E-state index in [-0.39, 0.29) is 11.6 Å². The van der Waals surface area contributed by atoms with Crippen LogP contribution < -0.4 is 10.1 Å². The average Bonchev–Trinajstić information content (AvgIpc) is 2.39. The highest BCUT2D eigenvalue weighted by atomic mass is 79.9. The summed E-state index contributed by atoms with van der Waals surface area (Å²) in [4.78, 5) is 0. The smallest absolute Gasteiger partial charge is 0.170 e. The fraction of sp³-hybridized carbons (Fsp3) is 0.143. The molecule has 0 aromatic heterocycles. The molecule has 2 nitrogen and oxygen atoms in total. The zero-order valence-electron chi connectivity index (χ0n) is 10.2. The molecule has 0 bridgehead atoms. The highest BCUT2D eigenvalue weighted by Crippen LogP contribution is 2.27. The molecule has 0 radical (unpaired) electrons. The van der Waals surface area contributed by atoms with Gasteiger partial charge in [-0.1, -0.05) is 23.7 Å². The third kappa shape index (κ3) is 3.39. The minimum atomic E-state index is -0.345. The number of benzene rings is 2. The van der Waals surface area contributed by atoms with Crippen molar-refractivity contribution in [2.75, 3.05) is 12.4 Å². The number of ether oxygens (including phenoxy) is 1. The molecular formula is C14H12BrClFNO. The van der Waals surface area contributed by atoms with Gasteiger partial charge in [-0.25, -0.2) is 4.39 Å². The van der Waals surface area contributed by atoms with Crippen LogP contribution in [0.25, 0.3) is 0 Å². The maximum atomic E-state index is 13.9. The quantitative estimate of drug-likeness (QED) is 0.855.